The van der Waals surface area contributed by atoms with E-state index in [1.54, 1.807) is 12.1 Å². The Labute approximate surface area is 189 Å². The van der Waals surface area contributed by atoms with E-state index in [0.29, 0.717) is 11.3 Å². The predicted molar refractivity (Wildman–Crippen MR) is 108 cm³/mol. The van der Waals surface area contributed by atoms with Crippen LogP contribution in [-0.2, 0) is 12.4 Å². The molecule has 0 aliphatic carbocycles. The van der Waals surface area contributed by atoms with E-state index < -0.39 is 13.6 Å². The van der Waals surface area contributed by atoms with Crippen LogP contribution in [0.15, 0.2) is 18.2 Å². The maximum atomic E-state index is 10.7. The molecule has 0 saturated heterocycles. The molecule has 0 bridgehead atoms. The fourth-order valence-electron chi connectivity index (χ4n) is 1.94. The highest BCUT2D eigenvalue weighted by atomic mass is 35.6. The molecule has 152 valence electrons. The van der Waals surface area contributed by atoms with Crippen molar-refractivity contribution in [1.29, 1.82) is 0 Å². The zero-order valence-electron chi connectivity index (χ0n) is 13.9. The molecule has 0 fully saturated rings. The van der Waals surface area contributed by atoms with Crippen LogP contribution in [0.1, 0.15) is 18.1 Å². The third kappa shape index (κ3) is 6.27. The molecule has 0 aliphatic rings. The van der Waals surface area contributed by atoms with Gasteiger partial charge in [0.1, 0.15) is 0 Å². The van der Waals surface area contributed by atoms with Gasteiger partial charge in [-0.05, 0) is 18.2 Å². The van der Waals surface area contributed by atoms with Crippen LogP contribution in [0.4, 0.5) is 0 Å². The van der Waals surface area contributed by atoms with Crippen molar-refractivity contribution < 1.29 is 19.4 Å². The van der Waals surface area contributed by atoms with Gasteiger partial charge in [-0.1, -0.05) is 69.6 Å². The largest absolute Gasteiger partial charge is 0.493 e. The first kappa shape index (κ1) is 23.3. The molecule has 0 radical (unpaired) electrons. The normalized spacial score (nSPS) is 12.0. The number of halogens is 6. The lowest BCUT2D eigenvalue weighted by molar-refractivity contribution is -0.137. The van der Waals surface area contributed by atoms with Crippen molar-refractivity contribution in [2.24, 2.45) is 0 Å². The van der Waals surface area contributed by atoms with Crippen LogP contribution < -0.4 is 9.47 Å². The van der Waals surface area contributed by atoms with Gasteiger partial charge in [-0.15, -0.1) is 0 Å². The summed E-state index contributed by atoms with van der Waals surface area (Å²) < 4.78 is 6.68. The summed E-state index contributed by atoms with van der Waals surface area (Å²) >= 11 is 35.2. The van der Waals surface area contributed by atoms with Gasteiger partial charge in [0.2, 0.25) is 7.59 Å². The molecule has 28 heavy (non-hydrogen) atoms. The summed E-state index contributed by atoms with van der Waals surface area (Å²) in [6, 6.07) is 4.68. The van der Waals surface area contributed by atoms with Gasteiger partial charge < -0.3 is 14.6 Å². The number of rotatable bonds is 6. The Bertz CT molecular complexity index is 838. The van der Waals surface area contributed by atoms with Crippen molar-refractivity contribution in [2.45, 2.75) is 14.0 Å². The first-order chi connectivity index (χ1) is 12.9. The Hall–Kier alpha value is -0.960. The Morgan fingerprint density at radius 2 is 1.57 bits per heavy atom. The van der Waals surface area contributed by atoms with Crippen LogP contribution in [0.5, 0.6) is 11.5 Å². The lowest BCUT2D eigenvalue weighted by Gasteiger charge is -2.16. The lowest BCUT2D eigenvalue weighted by Crippen LogP contribution is -2.16. The smallest absolute Gasteiger partial charge is 0.306 e. The quantitative estimate of drug-likeness (QED) is 0.544. The molecule has 0 aliphatic heterocycles. The lowest BCUT2D eigenvalue weighted by atomic mass is 10.2. The number of carboxylic acids is 1. The number of carboxylic acid groups (broad SMARTS) is 1. The predicted octanol–water partition coefficient (Wildman–Crippen LogP) is 5.05. The molecule has 0 atom stereocenters. The Balaban J connectivity index is 2.52. The molecule has 0 spiro atoms. The number of hydrogen-bond acceptors (Lipinski definition) is 6. The molecule has 13 heteroatoms. The van der Waals surface area contributed by atoms with Crippen molar-refractivity contribution in [3.63, 3.8) is 0 Å². The summed E-state index contributed by atoms with van der Waals surface area (Å²) in [6.45, 7) is -0.0782. The van der Waals surface area contributed by atoms with E-state index in [1.165, 1.54) is 13.2 Å². The van der Waals surface area contributed by atoms with E-state index in [0.717, 1.165) is 0 Å². The molecule has 1 N–H and O–H groups in total. The van der Waals surface area contributed by atoms with Gasteiger partial charge in [-0.2, -0.15) is 0 Å². The van der Waals surface area contributed by atoms with Gasteiger partial charge in [0.15, 0.2) is 29.0 Å². The van der Waals surface area contributed by atoms with Crippen LogP contribution >= 0.6 is 69.6 Å². The van der Waals surface area contributed by atoms with Crippen molar-refractivity contribution in [1.82, 2.24) is 15.0 Å². The molecule has 2 aromatic rings. The van der Waals surface area contributed by atoms with Crippen molar-refractivity contribution in [3.8, 4) is 22.9 Å². The van der Waals surface area contributed by atoms with Crippen molar-refractivity contribution >= 4 is 75.6 Å². The molecule has 0 amide bonds. The fraction of sp³-hybridized carbons (Fsp3) is 0.333. The average molecular weight is 510 g/mol. The monoisotopic (exact) mass is 507 g/mol. The summed E-state index contributed by atoms with van der Waals surface area (Å²) in [5.74, 6) is -0.824. The SMILES string of the molecule is COc1ccc(-c2nc(C(Cl)(Cl)Cl)nc(C(Cl)(Cl)Cl)n2)cc1OCCC(=O)O. The maximum absolute atomic E-state index is 10.7. The molecular weight excluding hydrogens is 499 g/mol. The first-order valence-electron chi connectivity index (χ1n) is 7.35. The van der Waals surface area contributed by atoms with E-state index in [-0.39, 0.29) is 36.3 Å². The zero-order chi connectivity index (χ0) is 21.1. The van der Waals surface area contributed by atoms with Crippen LogP contribution in [0.2, 0.25) is 0 Å². The minimum absolute atomic E-state index is 0.0448. The highest BCUT2D eigenvalue weighted by Gasteiger charge is 2.34. The first-order valence-corrected chi connectivity index (χ1v) is 9.62. The number of aromatic nitrogens is 3. The van der Waals surface area contributed by atoms with Crippen LogP contribution in [-0.4, -0.2) is 39.7 Å². The number of methoxy groups -OCH3 is 1. The van der Waals surface area contributed by atoms with Gasteiger partial charge >= 0.3 is 5.97 Å². The number of carbonyl (C=O) groups is 1. The Morgan fingerprint density at radius 1 is 1.00 bits per heavy atom. The summed E-state index contributed by atoms with van der Waals surface area (Å²) in [6.07, 6.45) is -0.200. The standard InChI is InChI=1S/C15H11Cl6N3O4/c1-27-8-3-2-7(6-9(8)28-5-4-10(25)26)11-22-12(14(16,17)18)24-13(23-11)15(19,20)21/h2-3,6H,4-5H2,1H3,(H,25,26). The van der Waals surface area contributed by atoms with Gasteiger partial charge in [0.05, 0.1) is 20.1 Å². The molecule has 1 aromatic heterocycles. The molecule has 7 nitrogen and oxygen atoms in total. The van der Waals surface area contributed by atoms with Gasteiger partial charge in [-0.25, -0.2) is 15.0 Å². The van der Waals surface area contributed by atoms with E-state index in [9.17, 15) is 4.79 Å². The second kappa shape index (κ2) is 9.24. The van der Waals surface area contributed by atoms with E-state index in [2.05, 4.69) is 15.0 Å². The summed E-state index contributed by atoms with van der Waals surface area (Å²) in [5.41, 5.74) is 0.402. The van der Waals surface area contributed by atoms with Gasteiger partial charge in [0.25, 0.3) is 0 Å². The number of benzene rings is 1. The molecule has 1 heterocycles. The summed E-state index contributed by atoms with van der Waals surface area (Å²) in [7, 11) is 1.43. The number of hydrogen-bond donors (Lipinski definition) is 1. The summed E-state index contributed by atoms with van der Waals surface area (Å²) in [5, 5.41) is 8.75. The van der Waals surface area contributed by atoms with E-state index >= 15 is 0 Å². The molecule has 0 unspecified atom stereocenters. The molecule has 2 rings (SSSR count). The highest BCUT2D eigenvalue weighted by molar-refractivity contribution is 6.67. The molecule has 1 aromatic carbocycles. The van der Waals surface area contributed by atoms with Gasteiger partial charge in [-0.3, -0.25) is 4.79 Å². The third-order valence-electron chi connectivity index (χ3n) is 3.14. The Morgan fingerprint density at radius 3 is 2.04 bits per heavy atom. The topological polar surface area (TPSA) is 94.4 Å². The second-order valence-corrected chi connectivity index (χ2v) is 9.72. The third-order valence-corrected chi connectivity index (χ3v) is 4.15. The maximum Gasteiger partial charge on any atom is 0.306 e. The number of ether oxygens (including phenoxy) is 2. The fourth-order valence-corrected chi connectivity index (χ4v) is 2.44. The van der Waals surface area contributed by atoms with Crippen molar-refractivity contribution in [3.05, 3.63) is 29.8 Å². The summed E-state index contributed by atoms with van der Waals surface area (Å²) in [4.78, 5) is 22.8. The molecule has 0 saturated carbocycles. The Kier molecular flexibility index (Phi) is 7.69. The van der Waals surface area contributed by atoms with Gasteiger partial charge in [0, 0.05) is 5.56 Å². The van der Waals surface area contributed by atoms with Crippen LogP contribution in [0.25, 0.3) is 11.4 Å². The van der Waals surface area contributed by atoms with E-state index in [1.807, 2.05) is 0 Å². The second-order valence-electron chi connectivity index (χ2n) is 5.16. The molecular formula is C15H11Cl6N3O4. The van der Waals surface area contributed by atoms with Crippen molar-refractivity contribution in [2.75, 3.05) is 13.7 Å². The minimum atomic E-state index is -1.99. The number of alkyl halides is 6. The average Bonchev–Trinajstić information content (AvgIpc) is 2.59. The zero-order valence-corrected chi connectivity index (χ0v) is 18.5. The van der Waals surface area contributed by atoms with E-state index in [4.69, 9.17) is 84.2 Å². The highest BCUT2D eigenvalue weighted by Crippen LogP contribution is 2.41. The van der Waals surface area contributed by atoms with Crippen LogP contribution in [0, 0.1) is 0 Å². The van der Waals surface area contributed by atoms with Crippen LogP contribution in [0.3, 0.4) is 0 Å². The number of nitrogens with zero attached hydrogens (tertiary/aromatic N) is 3. The number of aliphatic carboxylic acids is 1. The minimum Gasteiger partial charge on any atom is -0.493 e.